The first-order chi connectivity index (χ1) is 9.95. The largest absolute Gasteiger partial charge is 0.293 e. The van der Waals surface area contributed by atoms with Crippen LogP contribution in [-0.2, 0) is 9.84 Å². The van der Waals surface area contributed by atoms with Crippen LogP contribution in [0.25, 0.3) is 5.69 Å². The van der Waals surface area contributed by atoms with Crippen LogP contribution in [0.3, 0.4) is 0 Å². The summed E-state index contributed by atoms with van der Waals surface area (Å²) >= 11 is 0. The molecule has 2 heterocycles. The summed E-state index contributed by atoms with van der Waals surface area (Å²) < 4.78 is 38.0. The molecule has 6 nitrogen and oxygen atoms in total. The molecule has 0 saturated heterocycles. The Morgan fingerprint density at radius 2 is 2.10 bits per heavy atom. The summed E-state index contributed by atoms with van der Waals surface area (Å²) in [6.07, 6.45) is 6.36. The molecule has 0 atom stereocenters. The molecule has 0 unspecified atom stereocenters. The molecule has 0 N–H and O–H groups in total. The molecule has 21 heavy (non-hydrogen) atoms. The van der Waals surface area contributed by atoms with Gasteiger partial charge in [0.05, 0.1) is 35.1 Å². The van der Waals surface area contributed by atoms with Crippen LogP contribution >= 0.6 is 0 Å². The molecular formula is C13H12FN3O3S. The molecule has 1 fully saturated rings. The molecule has 1 aliphatic carbocycles. The summed E-state index contributed by atoms with van der Waals surface area (Å²) in [5, 5.41) is 3.56. The van der Waals surface area contributed by atoms with E-state index in [1.54, 1.807) is 0 Å². The number of ketones is 1. The fraction of sp³-hybridized carbons (Fsp3) is 0.308. The Morgan fingerprint density at radius 1 is 1.33 bits per heavy atom. The van der Waals surface area contributed by atoms with Gasteiger partial charge in [-0.1, -0.05) is 0 Å². The van der Waals surface area contributed by atoms with Gasteiger partial charge in [-0.05, 0) is 12.8 Å². The number of pyridine rings is 1. The monoisotopic (exact) mass is 309 g/mol. The first-order valence-corrected chi connectivity index (χ1v) is 8.07. The van der Waals surface area contributed by atoms with E-state index >= 15 is 0 Å². The van der Waals surface area contributed by atoms with E-state index in [9.17, 15) is 17.6 Å². The number of carbonyl (C=O) groups excluding carboxylic acids is 1. The van der Waals surface area contributed by atoms with Gasteiger partial charge in [-0.25, -0.2) is 17.5 Å². The van der Waals surface area contributed by atoms with Gasteiger partial charge in [0.1, 0.15) is 11.6 Å². The average Bonchev–Trinajstić information content (AvgIpc) is 3.17. The molecular weight excluding hydrogens is 297 g/mol. The van der Waals surface area contributed by atoms with E-state index in [0.29, 0.717) is 18.5 Å². The van der Waals surface area contributed by atoms with E-state index in [4.69, 9.17) is 0 Å². The van der Waals surface area contributed by atoms with Gasteiger partial charge in [0, 0.05) is 12.3 Å². The first-order valence-electron chi connectivity index (χ1n) is 6.36. The Hall–Kier alpha value is -2.09. The second kappa shape index (κ2) is 5.03. The molecule has 8 heteroatoms. The van der Waals surface area contributed by atoms with Crippen LogP contribution in [0.15, 0.2) is 30.9 Å². The second-order valence-electron chi connectivity index (χ2n) is 4.96. The third-order valence-corrected chi connectivity index (χ3v) is 5.38. The number of rotatable bonds is 5. The van der Waals surface area contributed by atoms with E-state index in [2.05, 4.69) is 10.1 Å². The van der Waals surface area contributed by atoms with Crippen molar-refractivity contribution in [2.45, 2.75) is 18.1 Å². The minimum atomic E-state index is -3.36. The van der Waals surface area contributed by atoms with Crippen molar-refractivity contribution in [2.75, 3.05) is 5.75 Å². The maximum Gasteiger partial charge on any atom is 0.181 e. The zero-order chi connectivity index (χ0) is 15.0. The lowest BCUT2D eigenvalue weighted by atomic mass is 10.3. The van der Waals surface area contributed by atoms with Crippen LogP contribution in [-0.4, -0.2) is 40.0 Å². The number of carbonyl (C=O) groups is 1. The van der Waals surface area contributed by atoms with E-state index in [-0.39, 0.29) is 10.8 Å². The predicted molar refractivity (Wildman–Crippen MR) is 72.5 cm³/mol. The van der Waals surface area contributed by atoms with Gasteiger partial charge in [-0.3, -0.25) is 9.78 Å². The van der Waals surface area contributed by atoms with Crippen molar-refractivity contribution in [3.63, 3.8) is 0 Å². The number of hydrogen-bond donors (Lipinski definition) is 0. The molecule has 3 rings (SSSR count). The lowest BCUT2D eigenvalue weighted by Crippen LogP contribution is -2.19. The molecule has 0 amide bonds. The highest BCUT2D eigenvalue weighted by Crippen LogP contribution is 2.29. The van der Waals surface area contributed by atoms with Gasteiger partial charge in [0.2, 0.25) is 0 Å². The summed E-state index contributed by atoms with van der Waals surface area (Å²) in [5.74, 6) is -1.53. The van der Waals surface area contributed by atoms with Crippen LogP contribution in [0.4, 0.5) is 4.39 Å². The number of nitrogens with zero attached hydrogens (tertiary/aromatic N) is 3. The van der Waals surface area contributed by atoms with Gasteiger partial charge in [-0.2, -0.15) is 5.10 Å². The number of sulfone groups is 1. The van der Waals surface area contributed by atoms with Crippen molar-refractivity contribution >= 4 is 15.6 Å². The molecule has 1 aliphatic rings. The second-order valence-corrected chi connectivity index (χ2v) is 7.25. The molecule has 0 bridgehead atoms. The van der Waals surface area contributed by atoms with E-state index in [0.717, 1.165) is 6.20 Å². The molecule has 0 aromatic carbocycles. The smallest absolute Gasteiger partial charge is 0.181 e. The Kier molecular flexibility index (Phi) is 3.32. The highest BCUT2D eigenvalue weighted by Gasteiger charge is 2.37. The molecule has 0 radical (unpaired) electrons. The quantitative estimate of drug-likeness (QED) is 0.774. The summed E-state index contributed by atoms with van der Waals surface area (Å²) in [4.78, 5) is 15.7. The molecule has 1 saturated carbocycles. The molecule has 110 valence electrons. The maximum atomic E-state index is 13.1. The van der Waals surface area contributed by atoms with Crippen LogP contribution in [0.5, 0.6) is 0 Å². The van der Waals surface area contributed by atoms with Gasteiger partial charge < -0.3 is 0 Å². The Labute approximate surface area is 120 Å². The molecule has 2 aromatic heterocycles. The van der Waals surface area contributed by atoms with E-state index < -0.39 is 27.2 Å². The molecule has 0 spiro atoms. The van der Waals surface area contributed by atoms with Gasteiger partial charge in [0.15, 0.2) is 15.6 Å². The highest BCUT2D eigenvalue weighted by molar-refractivity contribution is 7.93. The standard InChI is InChI=1S/C13H12FN3O3S/c14-10-3-11(6-15-5-10)17-7-9(4-16-17)13(18)8-21(19,20)12-1-2-12/h3-7,12H,1-2,8H2. The van der Waals surface area contributed by atoms with Crippen molar-refractivity contribution in [1.29, 1.82) is 0 Å². The third-order valence-electron chi connectivity index (χ3n) is 3.22. The van der Waals surface area contributed by atoms with E-state index in [1.165, 1.54) is 29.3 Å². The normalized spacial score (nSPS) is 15.1. The zero-order valence-electron chi connectivity index (χ0n) is 10.9. The Bertz CT molecular complexity index is 796. The van der Waals surface area contributed by atoms with Crippen LogP contribution in [0, 0.1) is 5.82 Å². The minimum absolute atomic E-state index is 0.184. The highest BCUT2D eigenvalue weighted by atomic mass is 32.2. The topological polar surface area (TPSA) is 81.9 Å². The summed E-state index contributed by atoms with van der Waals surface area (Å²) in [6.45, 7) is 0. The SMILES string of the molecule is O=C(CS(=O)(=O)C1CC1)c1cnn(-c2cncc(F)c2)c1. The zero-order valence-corrected chi connectivity index (χ0v) is 11.8. The van der Waals surface area contributed by atoms with Crippen molar-refractivity contribution in [3.05, 3.63) is 42.2 Å². The van der Waals surface area contributed by atoms with Crippen LogP contribution in [0.1, 0.15) is 23.2 Å². The van der Waals surface area contributed by atoms with Crippen LogP contribution in [0.2, 0.25) is 0 Å². The summed E-state index contributed by atoms with van der Waals surface area (Å²) in [7, 11) is -3.36. The third kappa shape index (κ3) is 2.99. The van der Waals surface area contributed by atoms with Crippen molar-refractivity contribution in [3.8, 4) is 5.69 Å². The van der Waals surface area contributed by atoms with E-state index in [1.807, 2.05) is 0 Å². The number of hydrogen-bond acceptors (Lipinski definition) is 5. The van der Waals surface area contributed by atoms with Gasteiger partial charge >= 0.3 is 0 Å². The first kappa shape index (κ1) is 13.9. The molecule has 0 aliphatic heterocycles. The Morgan fingerprint density at radius 3 is 2.76 bits per heavy atom. The lowest BCUT2D eigenvalue weighted by Gasteiger charge is -2.00. The number of aromatic nitrogens is 3. The van der Waals surface area contributed by atoms with Gasteiger partial charge in [-0.15, -0.1) is 0 Å². The number of halogens is 1. The average molecular weight is 309 g/mol. The fourth-order valence-electron chi connectivity index (χ4n) is 1.95. The fourth-order valence-corrected chi connectivity index (χ4v) is 3.57. The Balaban J connectivity index is 1.80. The van der Waals surface area contributed by atoms with Crippen molar-refractivity contribution < 1.29 is 17.6 Å². The minimum Gasteiger partial charge on any atom is -0.293 e. The van der Waals surface area contributed by atoms with Crippen molar-refractivity contribution in [1.82, 2.24) is 14.8 Å². The van der Waals surface area contributed by atoms with Crippen molar-refractivity contribution in [2.24, 2.45) is 0 Å². The predicted octanol–water partition coefficient (Wildman–Crippen LogP) is 1.17. The summed E-state index contributed by atoms with van der Waals surface area (Å²) in [6, 6.07) is 1.22. The lowest BCUT2D eigenvalue weighted by molar-refractivity contribution is 0.102. The van der Waals surface area contributed by atoms with Crippen LogP contribution < -0.4 is 0 Å². The van der Waals surface area contributed by atoms with Gasteiger partial charge in [0.25, 0.3) is 0 Å². The summed E-state index contributed by atoms with van der Waals surface area (Å²) in [5.41, 5.74) is 0.544. The maximum absolute atomic E-state index is 13.1. The number of Topliss-reactive ketones (excluding diaryl/α,β-unsaturated/α-hetero) is 1. The molecule has 2 aromatic rings.